The third-order valence-electron chi connectivity index (χ3n) is 4.61. The maximum absolute atomic E-state index is 14.2. The average Bonchev–Trinajstić information content (AvgIpc) is 3.34. The Morgan fingerprint density at radius 1 is 1.13 bits per heavy atom. The van der Waals surface area contributed by atoms with Crippen molar-refractivity contribution >= 4 is 0 Å². The molecule has 1 aliphatic heterocycles. The Morgan fingerprint density at radius 2 is 1.83 bits per heavy atom. The molecule has 0 radical (unpaired) electrons. The summed E-state index contributed by atoms with van der Waals surface area (Å²) in [5.74, 6) is -1.86. The first kappa shape index (κ1) is 20.1. The lowest BCUT2D eigenvalue weighted by molar-refractivity contribution is -0.274. The van der Waals surface area contributed by atoms with Gasteiger partial charge in [0.1, 0.15) is 29.8 Å². The summed E-state index contributed by atoms with van der Waals surface area (Å²) < 4.78 is 80.7. The second-order valence-corrected chi connectivity index (χ2v) is 6.56. The van der Waals surface area contributed by atoms with Crippen LogP contribution in [0.5, 0.6) is 11.8 Å². The largest absolute Gasteiger partial charge is 0.573 e. The summed E-state index contributed by atoms with van der Waals surface area (Å²) in [5.41, 5.74) is -0.599. The van der Waals surface area contributed by atoms with Gasteiger partial charge in [0, 0.05) is 11.6 Å². The first-order valence-corrected chi connectivity index (χ1v) is 8.70. The molecule has 1 unspecified atom stereocenters. The van der Waals surface area contributed by atoms with Gasteiger partial charge < -0.3 is 14.2 Å². The molecule has 2 aromatic carbocycles. The van der Waals surface area contributed by atoms with Gasteiger partial charge in [0.15, 0.2) is 5.60 Å². The van der Waals surface area contributed by atoms with E-state index in [4.69, 9.17) is 9.47 Å². The number of alkyl halides is 3. The van der Waals surface area contributed by atoms with Crippen LogP contribution in [0.3, 0.4) is 0 Å². The first-order chi connectivity index (χ1) is 14.2. The highest BCUT2D eigenvalue weighted by Crippen LogP contribution is 2.44. The zero-order valence-electron chi connectivity index (χ0n) is 15.4. The molecule has 0 spiro atoms. The molecule has 1 saturated heterocycles. The molecular weight excluding hydrogens is 413 g/mol. The Balaban J connectivity index is 1.54. The van der Waals surface area contributed by atoms with Crippen molar-refractivity contribution in [3.63, 3.8) is 0 Å². The first-order valence-electron chi connectivity index (χ1n) is 8.70. The minimum absolute atomic E-state index is 0.0179. The zero-order chi connectivity index (χ0) is 21.5. The van der Waals surface area contributed by atoms with Gasteiger partial charge in [0.2, 0.25) is 0 Å². The molecule has 4 rings (SSSR count). The van der Waals surface area contributed by atoms with Crippen molar-refractivity contribution in [2.45, 2.75) is 25.0 Å². The summed E-state index contributed by atoms with van der Waals surface area (Å²) in [5, 5.41) is 4.00. The van der Waals surface area contributed by atoms with E-state index in [-0.39, 0.29) is 23.9 Å². The SMILES string of the molecule is C[C@@H](Oc1ncnn1-c1ccc(OC(F)(F)F)cc1)C1(c2ccc(F)cc2F)CO1. The Kier molecular flexibility index (Phi) is 4.85. The molecule has 11 heteroatoms. The third-order valence-corrected chi connectivity index (χ3v) is 4.61. The maximum atomic E-state index is 14.2. The van der Waals surface area contributed by atoms with Crippen molar-refractivity contribution in [3.8, 4) is 17.4 Å². The molecule has 0 aliphatic carbocycles. The van der Waals surface area contributed by atoms with Crippen molar-refractivity contribution in [3.05, 3.63) is 66.0 Å². The number of hydrogen-bond donors (Lipinski definition) is 0. The van der Waals surface area contributed by atoms with Gasteiger partial charge in [-0.25, -0.2) is 8.78 Å². The van der Waals surface area contributed by atoms with E-state index in [1.165, 1.54) is 29.2 Å². The van der Waals surface area contributed by atoms with E-state index in [2.05, 4.69) is 14.8 Å². The fourth-order valence-corrected chi connectivity index (χ4v) is 3.05. The molecule has 0 amide bonds. The topological polar surface area (TPSA) is 61.7 Å². The van der Waals surface area contributed by atoms with E-state index in [0.29, 0.717) is 5.69 Å². The molecular formula is C19H14F5N3O3. The summed E-state index contributed by atoms with van der Waals surface area (Å²) in [4.78, 5) is 3.99. The molecule has 2 atom stereocenters. The minimum Gasteiger partial charge on any atom is -0.457 e. The fraction of sp³-hybridized carbons (Fsp3) is 0.263. The van der Waals surface area contributed by atoms with Gasteiger partial charge in [0.25, 0.3) is 0 Å². The lowest BCUT2D eigenvalue weighted by Crippen LogP contribution is -2.32. The number of aromatic nitrogens is 3. The van der Waals surface area contributed by atoms with Crippen LogP contribution in [0.25, 0.3) is 5.69 Å². The highest BCUT2D eigenvalue weighted by molar-refractivity contribution is 5.38. The van der Waals surface area contributed by atoms with Crippen LogP contribution in [0.2, 0.25) is 0 Å². The minimum atomic E-state index is -4.80. The maximum Gasteiger partial charge on any atom is 0.573 e. The van der Waals surface area contributed by atoms with E-state index in [0.717, 1.165) is 24.3 Å². The van der Waals surface area contributed by atoms with Crippen LogP contribution in [-0.2, 0) is 10.3 Å². The standard InChI is InChI=1S/C19H14F5N3O3/c1-11(18(9-28-18)15-7-2-12(20)8-16(15)21)29-17-25-10-26-27(17)13-3-5-14(6-4-13)30-19(22,23)24/h2-8,10-11H,9H2,1H3/t11-,18?/m1/s1. The summed E-state index contributed by atoms with van der Waals surface area (Å²) in [6.07, 6.45) is -4.33. The molecule has 1 aliphatic rings. The molecule has 30 heavy (non-hydrogen) atoms. The molecule has 0 N–H and O–H groups in total. The van der Waals surface area contributed by atoms with Crippen LogP contribution >= 0.6 is 0 Å². The van der Waals surface area contributed by atoms with Crippen LogP contribution in [-0.4, -0.2) is 33.8 Å². The van der Waals surface area contributed by atoms with Gasteiger partial charge in [-0.2, -0.15) is 14.8 Å². The Bertz CT molecular complexity index is 1050. The summed E-state index contributed by atoms with van der Waals surface area (Å²) in [7, 11) is 0. The van der Waals surface area contributed by atoms with Gasteiger partial charge >= 0.3 is 12.4 Å². The number of hydrogen-bond acceptors (Lipinski definition) is 5. The molecule has 158 valence electrons. The van der Waals surface area contributed by atoms with E-state index in [1.54, 1.807) is 6.92 Å². The lowest BCUT2D eigenvalue weighted by Gasteiger charge is -2.22. The predicted molar refractivity (Wildman–Crippen MR) is 92.1 cm³/mol. The molecule has 1 aromatic heterocycles. The van der Waals surface area contributed by atoms with Gasteiger partial charge in [-0.3, -0.25) is 0 Å². The number of epoxide rings is 1. The van der Waals surface area contributed by atoms with E-state index in [9.17, 15) is 22.0 Å². The van der Waals surface area contributed by atoms with E-state index < -0.39 is 29.7 Å². The lowest BCUT2D eigenvalue weighted by atomic mass is 9.94. The predicted octanol–water partition coefficient (Wildman–Crippen LogP) is 4.14. The number of halogens is 5. The van der Waals surface area contributed by atoms with Crippen molar-refractivity contribution in [2.24, 2.45) is 0 Å². The average molecular weight is 427 g/mol. The Labute approximate surface area is 166 Å². The van der Waals surface area contributed by atoms with E-state index in [1.807, 2.05) is 0 Å². The van der Waals surface area contributed by atoms with Crippen LogP contribution in [0.1, 0.15) is 12.5 Å². The molecule has 3 aromatic rings. The van der Waals surface area contributed by atoms with Gasteiger partial charge in [0.05, 0.1) is 12.3 Å². The van der Waals surface area contributed by atoms with Crippen molar-refractivity contribution in [1.29, 1.82) is 0 Å². The number of rotatable bonds is 6. The van der Waals surface area contributed by atoms with Crippen molar-refractivity contribution < 1.29 is 36.2 Å². The summed E-state index contributed by atoms with van der Waals surface area (Å²) in [6, 6.07) is 8.13. The quantitative estimate of drug-likeness (QED) is 0.437. The molecule has 0 saturated carbocycles. The fourth-order valence-electron chi connectivity index (χ4n) is 3.05. The smallest absolute Gasteiger partial charge is 0.457 e. The monoisotopic (exact) mass is 427 g/mol. The van der Waals surface area contributed by atoms with Crippen LogP contribution in [0.4, 0.5) is 22.0 Å². The molecule has 2 heterocycles. The third kappa shape index (κ3) is 3.92. The number of nitrogens with zero attached hydrogens (tertiary/aromatic N) is 3. The zero-order valence-corrected chi connectivity index (χ0v) is 15.4. The van der Waals surface area contributed by atoms with Gasteiger partial charge in [-0.15, -0.1) is 13.2 Å². The molecule has 1 fully saturated rings. The van der Waals surface area contributed by atoms with Crippen LogP contribution in [0, 0.1) is 11.6 Å². The van der Waals surface area contributed by atoms with Gasteiger partial charge in [-0.05, 0) is 37.3 Å². The van der Waals surface area contributed by atoms with E-state index >= 15 is 0 Å². The summed E-state index contributed by atoms with van der Waals surface area (Å²) in [6.45, 7) is 1.80. The number of ether oxygens (including phenoxy) is 3. The summed E-state index contributed by atoms with van der Waals surface area (Å²) >= 11 is 0. The Morgan fingerprint density at radius 3 is 2.43 bits per heavy atom. The Hall–Kier alpha value is -3.21. The molecule has 6 nitrogen and oxygen atoms in total. The molecule has 0 bridgehead atoms. The van der Waals surface area contributed by atoms with Gasteiger partial charge in [-0.1, -0.05) is 6.07 Å². The van der Waals surface area contributed by atoms with Crippen molar-refractivity contribution in [2.75, 3.05) is 6.61 Å². The van der Waals surface area contributed by atoms with Crippen LogP contribution < -0.4 is 9.47 Å². The highest BCUT2D eigenvalue weighted by atomic mass is 19.4. The normalized spacial score (nSPS) is 19.4. The van der Waals surface area contributed by atoms with Crippen molar-refractivity contribution in [1.82, 2.24) is 14.8 Å². The second kappa shape index (κ2) is 7.24. The number of benzene rings is 2. The van der Waals surface area contributed by atoms with Crippen LogP contribution in [0.15, 0.2) is 48.8 Å². The highest BCUT2D eigenvalue weighted by Gasteiger charge is 2.54. The second-order valence-electron chi connectivity index (χ2n) is 6.56.